The summed E-state index contributed by atoms with van der Waals surface area (Å²) >= 11 is 0. The number of carbonyl (C=O) groups is 2. The minimum Gasteiger partial charge on any atom is -0.465 e. The number of hydrogen-bond acceptors (Lipinski definition) is 5. The van der Waals surface area contributed by atoms with Crippen LogP contribution in [0.2, 0.25) is 0 Å². The molecule has 0 atom stereocenters. The normalized spacial score (nSPS) is 10.1. The summed E-state index contributed by atoms with van der Waals surface area (Å²) in [5, 5.41) is 5.91. The van der Waals surface area contributed by atoms with Crippen molar-refractivity contribution in [3.63, 3.8) is 0 Å². The predicted octanol–water partition coefficient (Wildman–Crippen LogP) is 1.99. The molecular weight excluding hydrogens is 294 g/mol. The number of esters is 1. The molecule has 0 aliphatic carbocycles. The Morgan fingerprint density at radius 3 is 2.74 bits per heavy atom. The van der Waals surface area contributed by atoms with Crippen LogP contribution < -0.4 is 10.6 Å². The van der Waals surface area contributed by atoms with Crippen LogP contribution in [0.5, 0.6) is 0 Å². The monoisotopic (exact) mass is 313 g/mol. The average molecular weight is 313 g/mol. The van der Waals surface area contributed by atoms with Crippen molar-refractivity contribution in [3.8, 4) is 0 Å². The fraction of sp³-hybridized carbons (Fsp3) is 0.235. The van der Waals surface area contributed by atoms with Crippen LogP contribution in [0.25, 0.3) is 0 Å². The van der Waals surface area contributed by atoms with Gasteiger partial charge in [-0.3, -0.25) is 9.78 Å². The molecular formula is C17H19N3O3. The summed E-state index contributed by atoms with van der Waals surface area (Å²) in [6.45, 7) is 1.18. The lowest BCUT2D eigenvalue weighted by molar-refractivity contribution is -0.116. The maximum atomic E-state index is 12.0. The molecule has 23 heavy (non-hydrogen) atoms. The van der Waals surface area contributed by atoms with E-state index in [0.29, 0.717) is 30.8 Å². The van der Waals surface area contributed by atoms with Crippen LogP contribution in [-0.2, 0) is 16.1 Å². The Labute approximate surface area is 134 Å². The zero-order valence-electron chi connectivity index (χ0n) is 12.9. The van der Waals surface area contributed by atoms with Crippen LogP contribution in [0.3, 0.4) is 0 Å². The SMILES string of the molecule is COC(=O)c1ccccc1NC(=O)CCNCc1cccnc1. The molecule has 0 radical (unpaired) electrons. The standard InChI is InChI=1S/C17H19N3O3/c1-23-17(22)14-6-2-3-7-15(14)20-16(21)8-10-19-12-13-5-4-9-18-11-13/h2-7,9,11,19H,8,10,12H2,1H3,(H,20,21). The van der Waals surface area contributed by atoms with Crippen LogP contribution in [-0.4, -0.2) is 30.5 Å². The second-order valence-electron chi connectivity index (χ2n) is 4.87. The van der Waals surface area contributed by atoms with E-state index in [-0.39, 0.29) is 5.91 Å². The number of rotatable bonds is 7. The van der Waals surface area contributed by atoms with Crippen molar-refractivity contribution in [2.24, 2.45) is 0 Å². The lowest BCUT2D eigenvalue weighted by Gasteiger charge is -2.10. The zero-order valence-corrected chi connectivity index (χ0v) is 12.9. The Morgan fingerprint density at radius 1 is 1.17 bits per heavy atom. The molecule has 1 aromatic heterocycles. The number of ether oxygens (including phenoxy) is 1. The molecule has 120 valence electrons. The fourth-order valence-electron chi connectivity index (χ4n) is 2.03. The van der Waals surface area contributed by atoms with E-state index in [1.807, 2.05) is 12.1 Å². The number of benzene rings is 1. The van der Waals surface area contributed by atoms with Crippen LogP contribution in [0.4, 0.5) is 5.69 Å². The first kappa shape index (κ1) is 16.6. The topological polar surface area (TPSA) is 80.3 Å². The van der Waals surface area contributed by atoms with E-state index in [9.17, 15) is 9.59 Å². The van der Waals surface area contributed by atoms with E-state index >= 15 is 0 Å². The van der Waals surface area contributed by atoms with Gasteiger partial charge in [0.1, 0.15) is 0 Å². The van der Waals surface area contributed by atoms with Gasteiger partial charge in [0.15, 0.2) is 0 Å². The number of hydrogen-bond donors (Lipinski definition) is 2. The van der Waals surface area contributed by atoms with Gasteiger partial charge in [-0.1, -0.05) is 18.2 Å². The van der Waals surface area contributed by atoms with Crippen LogP contribution >= 0.6 is 0 Å². The number of nitrogens with zero attached hydrogens (tertiary/aromatic N) is 1. The Balaban J connectivity index is 1.80. The van der Waals surface area contributed by atoms with Gasteiger partial charge in [-0.15, -0.1) is 0 Å². The van der Waals surface area contributed by atoms with Gasteiger partial charge < -0.3 is 15.4 Å². The molecule has 2 rings (SSSR count). The lowest BCUT2D eigenvalue weighted by atomic mass is 10.1. The molecule has 0 bridgehead atoms. The van der Waals surface area contributed by atoms with Crippen molar-refractivity contribution >= 4 is 17.6 Å². The highest BCUT2D eigenvalue weighted by atomic mass is 16.5. The number of para-hydroxylation sites is 1. The first-order valence-electron chi connectivity index (χ1n) is 7.27. The zero-order chi connectivity index (χ0) is 16.5. The summed E-state index contributed by atoms with van der Waals surface area (Å²) in [5.41, 5.74) is 1.85. The highest BCUT2D eigenvalue weighted by molar-refractivity contribution is 6.01. The summed E-state index contributed by atoms with van der Waals surface area (Å²) in [6, 6.07) is 10.6. The number of carbonyl (C=O) groups excluding carboxylic acids is 2. The molecule has 2 aromatic rings. The highest BCUT2D eigenvalue weighted by Gasteiger charge is 2.12. The molecule has 0 spiro atoms. The quantitative estimate of drug-likeness (QED) is 0.603. The van der Waals surface area contributed by atoms with Crippen molar-refractivity contribution < 1.29 is 14.3 Å². The fourth-order valence-corrected chi connectivity index (χ4v) is 2.03. The van der Waals surface area contributed by atoms with Gasteiger partial charge in [-0.2, -0.15) is 0 Å². The summed E-state index contributed by atoms with van der Waals surface area (Å²) < 4.78 is 4.70. The van der Waals surface area contributed by atoms with E-state index in [2.05, 4.69) is 15.6 Å². The van der Waals surface area contributed by atoms with Crippen molar-refractivity contribution in [1.29, 1.82) is 0 Å². The Kier molecular flexibility index (Phi) is 6.26. The number of nitrogens with one attached hydrogen (secondary N) is 2. The summed E-state index contributed by atoms with van der Waals surface area (Å²) in [4.78, 5) is 27.6. The van der Waals surface area contributed by atoms with Crippen LogP contribution in [0, 0.1) is 0 Å². The molecule has 0 saturated heterocycles. The predicted molar refractivity (Wildman–Crippen MR) is 87.0 cm³/mol. The van der Waals surface area contributed by atoms with E-state index in [4.69, 9.17) is 4.74 Å². The Bertz CT molecular complexity index is 659. The Morgan fingerprint density at radius 2 is 2.00 bits per heavy atom. The largest absolute Gasteiger partial charge is 0.465 e. The number of methoxy groups -OCH3 is 1. The van der Waals surface area contributed by atoms with Crippen molar-refractivity contribution in [3.05, 3.63) is 59.9 Å². The summed E-state index contributed by atoms with van der Waals surface area (Å²) in [6.07, 6.45) is 3.80. The van der Waals surface area contributed by atoms with E-state index in [1.165, 1.54) is 7.11 Å². The summed E-state index contributed by atoms with van der Waals surface area (Å²) in [7, 11) is 1.31. The molecule has 0 aliphatic rings. The molecule has 1 heterocycles. The minimum absolute atomic E-state index is 0.167. The molecule has 0 aliphatic heterocycles. The molecule has 6 heteroatoms. The second-order valence-corrected chi connectivity index (χ2v) is 4.87. The molecule has 1 aromatic carbocycles. The van der Waals surface area contributed by atoms with E-state index < -0.39 is 5.97 Å². The van der Waals surface area contributed by atoms with Gasteiger partial charge in [-0.25, -0.2) is 4.79 Å². The average Bonchev–Trinajstić information content (AvgIpc) is 2.59. The molecule has 0 saturated carbocycles. The maximum Gasteiger partial charge on any atom is 0.339 e. The maximum absolute atomic E-state index is 12.0. The molecule has 0 unspecified atom stereocenters. The first-order chi connectivity index (χ1) is 11.2. The molecule has 2 N–H and O–H groups in total. The third-order valence-electron chi connectivity index (χ3n) is 3.19. The van der Waals surface area contributed by atoms with Gasteiger partial charge in [0, 0.05) is 31.9 Å². The molecule has 0 fully saturated rings. The second kappa shape index (κ2) is 8.65. The molecule has 1 amide bonds. The van der Waals surface area contributed by atoms with E-state index in [0.717, 1.165) is 5.56 Å². The lowest BCUT2D eigenvalue weighted by Crippen LogP contribution is -2.22. The van der Waals surface area contributed by atoms with E-state index in [1.54, 1.807) is 36.7 Å². The van der Waals surface area contributed by atoms with Crippen LogP contribution in [0.15, 0.2) is 48.8 Å². The first-order valence-corrected chi connectivity index (χ1v) is 7.27. The molecule has 6 nitrogen and oxygen atoms in total. The van der Waals surface area contributed by atoms with Gasteiger partial charge in [-0.05, 0) is 23.8 Å². The number of amides is 1. The van der Waals surface area contributed by atoms with Gasteiger partial charge >= 0.3 is 5.97 Å². The van der Waals surface area contributed by atoms with Crippen molar-refractivity contribution in [2.45, 2.75) is 13.0 Å². The number of aromatic nitrogens is 1. The van der Waals surface area contributed by atoms with Crippen molar-refractivity contribution in [1.82, 2.24) is 10.3 Å². The Hall–Kier alpha value is -2.73. The van der Waals surface area contributed by atoms with Gasteiger partial charge in [0.05, 0.1) is 18.4 Å². The highest BCUT2D eigenvalue weighted by Crippen LogP contribution is 2.16. The third-order valence-corrected chi connectivity index (χ3v) is 3.19. The smallest absolute Gasteiger partial charge is 0.339 e. The van der Waals surface area contributed by atoms with Gasteiger partial charge in [0.2, 0.25) is 5.91 Å². The number of anilines is 1. The van der Waals surface area contributed by atoms with Crippen molar-refractivity contribution in [2.75, 3.05) is 19.0 Å². The third kappa shape index (κ3) is 5.19. The number of pyridine rings is 1. The van der Waals surface area contributed by atoms with Crippen LogP contribution in [0.1, 0.15) is 22.3 Å². The van der Waals surface area contributed by atoms with Gasteiger partial charge in [0.25, 0.3) is 0 Å². The summed E-state index contributed by atoms with van der Waals surface area (Å²) in [5.74, 6) is -0.643. The minimum atomic E-state index is -0.476.